The molecule has 0 fully saturated rings. The Hall–Kier alpha value is -1.06. The second kappa shape index (κ2) is 7.35. The Morgan fingerprint density at radius 1 is 1.43 bits per heavy atom. The zero-order chi connectivity index (χ0) is 11.0. The first-order chi connectivity index (χ1) is 6.63. The minimum absolute atomic E-state index is 0.546. The number of carbonyl (C=O) groups is 2. The first-order valence-electron chi connectivity index (χ1n) is 5.03. The highest BCUT2D eigenvalue weighted by atomic mass is 16.4. The predicted molar refractivity (Wildman–Crippen MR) is 54.0 cm³/mol. The number of rotatable bonds is 8. The Kier molecular flexibility index (Phi) is 6.80. The van der Waals surface area contributed by atoms with Crippen molar-refractivity contribution in [3.05, 3.63) is 0 Å². The van der Waals surface area contributed by atoms with Gasteiger partial charge in [0, 0.05) is 7.05 Å². The van der Waals surface area contributed by atoms with Crippen molar-refractivity contribution in [3.63, 3.8) is 0 Å². The number of unbranched alkanes of at least 4 members (excludes halogenated alkanes) is 3. The number of hydrogen-bond donors (Lipinski definition) is 1. The maximum atomic E-state index is 10.8. The van der Waals surface area contributed by atoms with Gasteiger partial charge < -0.3 is 10.0 Å². The molecule has 0 aromatic heterocycles. The van der Waals surface area contributed by atoms with Gasteiger partial charge in [0.2, 0.25) is 6.41 Å². The number of amides is 1. The van der Waals surface area contributed by atoms with Crippen LogP contribution in [0.2, 0.25) is 0 Å². The van der Waals surface area contributed by atoms with E-state index >= 15 is 0 Å². The van der Waals surface area contributed by atoms with Crippen molar-refractivity contribution in [2.75, 3.05) is 7.05 Å². The number of carboxylic acid groups (broad SMARTS) is 1. The van der Waals surface area contributed by atoms with Gasteiger partial charge in [0.1, 0.15) is 6.04 Å². The van der Waals surface area contributed by atoms with Gasteiger partial charge in [-0.15, -0.1) is 0 Å². The zero-order valence-electron chi connectivity index (χ0n) is 8.90. The molecular formula is C10H19NO3. The van der Waals surface area contributed by atoms with Crippen LogP contribution in [0.3, 0.4) is 0 Å². The first kappa shape index (κ1) is 12.9. The molecule has 1 atom stereocenters. The van der Waals surface area contributed by atoms with Crippen molar-refractivity contribution in [2.24, 2.45) is 0 Å². The summed E-state index contributed by atoms with van der Waals surface area (Å²) >= 11 is 0. The Bertz CT molecular complexity index is 182. The maximum absolute atomic E-state index is 10.8. The summed E-state index contributed by atoms with van der Waals surface area (Å²) < 4.78 is 0. The highest BCUT2D eigenvalue weighted by Gasteiger charge is 2.20. The lowest BCUT2D eigenvalue weighted by Crippen LogP contribution is -2.37. The summed E-state index contributed by atoms with van der Waals surface area (Å²) in [5.74, 6) is -0.920. The van der Waals surface area contributed by atoms with Crippen molar-refractivity contribution in [3.8, 4) is 0 Å². The Balaban J connectivity index is 3.86. The quantitative estimate of drug-likeness (QED) is 0.478. The molecule has 0 aromatic rings. The first-order valence-corrected chi connectivity index (χ1v) is 5.03. The minimum atomic E-state index is -0.920. The molecule has 0 bridgehead atoms. The molecule has 0 aromatic carbocycles. The molecule has 82 valence electrons. The van der Waals surface area contributed by atoms with Gasteiger partial charge in [0.25, 0.3) is 0 Å². The topological polar surface area (TPSA) is 57.6 Å². The van der Waals surface area contributed by atoms with E-state index in [1.165, 1.54) is 11.9 Å². The molecule has 0 rings (SSSR count). The van der Waals surface area contributed by atoms with Crippen LogP contribution in [0, 0.1) is 0 Å². The summed E-state index contributed by atoms with van der Waals surface area (Å²) in [7, 11) is 1.51. The molecule has 0 heterocycles. The van der Waals surface area contributed by atoms with Gasteiger partial charge in [0.05, 0.1) is 0 Å². The number of aliphatic carboxylic acids is 1. The monoisotopic (exact) mass is 201 g/mol. The molecule has 0 aliphatic carbocycles. The average Bonchev–Trinajstić information content (AvgIpc) is 2.16. The van der Waals surface area contributed by atoms with Crippen LogP contribution in [0.1, 0.15) is 39.0 Å². The van der Waals surface area contributed by atoms with E-state index < -0.39 is 12.0 Å². The van der Waals surface area contributed by atoms with Gasteiger partial charge in [-0.2, -0.15) is 0 Å². The number of carbonyl (C=O) groups excluding carboxylic acids is 1. The van der Waals surface area contributed by atoms with Crippen LogP contribution in [0.15, 0.2) is 0 Å². The van der Waals surface area contributed by atoms with Gasteiger partial charge in [-0.1, -0.05) is 32.6 Å². The van der Waals surface area contributed by atoms with Gasteiger partial charge in [-0.3, -0.25) is 4.79 Å². The highest BCUT2D eigenvalue weighted by Crippen LogP contribution is 2.09. The van der Waals surface area contributed by atoms with E-state index in [2.05, 4.69) is 6.92 Å². The summed E-state index contributed by atoms with van der Waals surface area (Å²) in [5.41, 5.74) is 0. The molecule has 4 heteroatoms. The van der Waals surface area contributed by atoms with Crippen LogP contribution < -0.4 is 0 Å². The summed E-state index contributed by atoms with van der Waals surface area (Å²) in [5, 5.41) is 8.83. The van der Waals surface area contributed by atoms with Gasteiger partial charge in [0.15, 0.2) is 0 Å². The van der Waals surface area contributed by atoms with E-state index in [1.807, 2.05) is 0 Å². The van der Waals surface area contributed by atoms with Crippen molar-refractivity contribution in [2.45, 2.75) is 45.1 Å². The summed E-state index contributed by atoms with van der Waals surface area (Å²) in [6.07, 6.45) is 5.26. The third-order valence-electron chi connectivity index (χ3n) is 2.27. The fraction of sp³-hybridized carbons (Fsp3) is 0.800. The Morgan fingerprint density at radius 3 is 2.50 bits per heavy atom. The molecule has 1 amide bonds. The van der Waals surface area contributed by atoms with Crippen LogP contribution in [0.25, 0.3) is 0 Å². The minimum Gasteiger partial charge on any atom is -0.480 e. The number of nitrogens with zero attached hydrogens (tertiary/aromatic N) is 1. The molecule has 0 aliphatic rings. The molecule has 0 saturated carbocycles. The van der Waals surface area contributed by atoms with Crippen molar-refractivity contribution in [1.29, 1.82) is 0 Å². The van der Waals surface area contributed by atoms with Crippen molar-refractivity contribution < 1.29 is 14.7 Å². The van der Waals surface area contributed by atoms with E-state index in [0.717, 1.165) is 25.7 Å². The van der Waals surface area contributed by atoms with Crippen LogP contribution in [0.5, 0.6) is 0 Å². The maximum Gasteiger partial charge on any atom is 0.326 e. The van der Waals surface area contributed by atoms with Gasteiger partial charge in [-0.25, -0.2) is 4.79 Å². The van der Waals surface area contributed by atoms with E-state index in [1.54, 1.807) is 0 Å². The number of hydrogen-bond acceptors (Lipinski definition) is 2. The molecular weight excluding hydrogens is 182 g/mol. The summed E-state index contributed by atoms with van der Waals surface area (Å²) in [6.45, 7) is 2.10. The van der Waals surface area contributed by atoms with E-state index in [0.29, 0.717) is 12.8 Å². The highest BCUT2D eigenvalue weighted by molar-refractivity contribution is 5.76. The standard InChI is InChI=1S/C10H19NO3/c1-3-4-5-6-7-9(10(13)14)11(2)8-12/h8-9H,3-7H2,1-2H3,(H,13,14). The Labute approximate surface area is 84.9 Å². The zero-order valence-corrected chi connectivity index (χ0v) is 8.90. The van der Waals surface area contributed by atoms with Crippen LogP contribution in [-0.2, 0) is 9.59 Å². The van der Waals surface area contributed by atoms with Gasteiger partial charge in [-0.05, 0) is 6.42 Å². The molecule has 0 aliphatic heterocycles. The van der Waals surface area contributed by atoms with Crippen LogP contribution in [0.4, 0.5) is 0 Å². The Morgan fingerprint density at radius 2 is 2.07 bits per heavy atom. The van der Waals surface area contributed by atoms with Crippen molar-refractivity contribution >= 4 is 12.4 Å². The molecule has 0 spiro atoms. The molecule has 14 heavy (non-hydrogen) atoms. The van der Waals surface area contributed by atoms with Crippen LogP contribution in [-0.4, -0.2) is 35.5 Å². The lowest BCUT2D eigenvalue weighted by molar-refractivity contribution is -0.145. The molecule has 1 N–H and O–H groups in total. The molecule has 1 unspecified atom stereocenters. The predicted octanol–water partition coefficient (Wildman–Crippen LogP) is 1.50. The third kappa shape index (κ3) is 4.84. The number of carboxylic acids is 1. The SMILES string of the molecule is CCCCCCC(C(=O)O)N(C)C=O. The average molecular weight is 201 g/mol. The van der Waals surface area contributed by atoms with E-state index in [-0.39, 0.29) is 0 Å². The smallest absolute Gasteiger partial charge is 0.326 e. The largest absolute Gasteiger partial charge is 0.480 e. The normalized spacial score (nSPS) is 12.1. The van der Waals surface area contributed by atoms with Gasteiger partial charge >= 0.3 is 5.97 Å². The second-order valence-corrected chi connectivity index (χ2v) is 3.47. The van der Waals surface area contributed by atoms with Crippen molar-refractivity contribution in [1.82, 2.24) is 4.90 Å². The third-order valence-corrected chi connectivity index (χ3v) is 2.27. The molecule has 0 saturated heterocycles. The van der Waals surface area contributed by atoms with E-state index in [9.17, 15) is 9.59 Å². The summed E-state index contributed by atoms with van der Waals surface area (Å²) in [6, 6.07) is -0.663. The second-order valence-electron chi connectivity index (χ2n) is 3.47. The van der Waals surface area contributed by atoms with E-state index in [4.69, 9.17) is 5.11 Å². The molecule has 0 radical (unpaired) electrons. The lowest BCUT2D eigenvalue weighted by Gasteiger charge is -2.19. The fourth-order valence-electron chi connectivity index (χ4n) is 1.34. The lowest BCUT2D eigenvalue weighted by atomic mass is 10.1. The fourth-order valence-corrected chi connectivity index (χ4v) is 1.34. The number of likely N-dealkylation sites (N-methyl/N-ethyl adjacent to an activating group) is 1. The van der Waals surface area contributed by atoms with Crippen LogP contribution >= 0.6 is 0 Å². The summed E-state index contributed by atoms with van der Waals surface area (Å²) in [4.78, 5) is 22.4. The molecule has 4 nitrogen and oxygen atoms in total.